The number of anilines is 1. The van der Waals surface area contributed by atoms with E-state index in [0.717, 1.165) is 34.6 Å². The Bertz CT molecular complexity index is 1170. The zero-order valence-electron chi connectivity index (χ0n) is 17.3. The van der Waals surface area contributed by atoms with Crippen molar-refractivity contribution in [2.24, 2.45) is 0 Å². The van der Waals surface area contributed by atoms with E-state index in [1.165, 1.54) is 4.68 Å². The average molecular weight is 464 g/mol. The molecule has 0 aliphatic rings. The van der Waals surface area contributed by atoms with E-state index in [9.17, 15) is 22.8 Å². The highest BCUT2D eigenvalue weighted by Gasteiger charge is 2.21. The number of benzene rings is 2. The van der Waals surface area contributed by atoms with Gasteiger partial charge in [-0.25, -0.2) is 13.2 Å². The van der Waals surface area contributed by atoms with Crippen molar-refractivity contribution in [1.29, 1.82) is 0 Å². The minimum Gasteiger partial charge on any atom is -0.346 e. The molecule has 1 heterocycles. The fraction of sp³-hybridized carbons (Fsp3) is 0.250. The number of aromatic nitrogens is 4. The normalized spacial score (nSPS) is 11.8. The number of hydrogen-bond donors (Lipinski definition) is 2. The van der Waals surface area contributed by atoms with Crippen molar-refractivity contribution in [3.8, 4) is 5.69 Å². The maximum absolute atomic E-state index is 13.6. The fourth-order valence-electron chi connectivity index (χ4n) is 2.79. The second-order valence-electron chi connectivity index (χ2n) is 6.91. The lowest BCUT2D eigenvalue weighted by Crippen LogP contribution is -2.37. The second-order valence-corrected chi connectivity index (χ2v) is 8.22. The van der Waals surface area contributed by atoms with E-state index < -0.39 is 46.7 Å². The van der Waals surface area contributed by atoms with Gasteiger partial charge < -0.3 is 10.6 Å². The predicted molar refractivity (Wildman–Crippen MR) is 112 cm³/mol. The van der Waals surface area contributed by atoms with E-state index >= 15 is 0 Å². The number of halogens is 3. The maximum atomic E-state index is 13.6. The maximum Gasteiger partial charge on any atom is 0.243 e. The van der Waals surface area contributed by atoms with E-state index in [1.54, 1.807) is 6.92 Å². The molecule has 0 fully saturated rings. The molecule has 3 rings (SSSR count). The summed E-state index contributed by atoms with van der Waals surface area (Å²) < 4.78 is 41.4. The summed E-state index contributed by atoms with van der Waals surface area (Å²) >= 11 is 1.09. The third-order valence-electron chi connectivity index (χ3n) is 4.41. The summed E-state index contributed by atoms with van der Waals surface area (Å²) in [7, 11) is 0. The highest BCUT2D eigenvalue weighted by Crippen LogP contribution is 2.25. The van der Waals surface area contributed by atoms with Crippen LogP contribution in [0.3, 0.4) is 0 Å². The molecule has 1 aromatic heterocycles. The Morgan fingerprint density at radius 1 is 1.12 bits per heavy atom. The van der Waals surface area contributed by atoms with Gasteiger partial charge in [0.05, 0.1) is 23.2 Å². The number of aryl methyl sites for hydroxylation is 2. The van der Waals surface area contributed by atoms with Crippen molar-refractivity contribution >= 4 is 29.3 Å². The molecule has 0 saturated heterocycles. The number of hydrogen-bond acceptors (Lipinski definition) is 6. The number of thioether (sulfide) groups is 1. The van der Waals surface area contributed by atoms with Crippen LogP contribution >= 0.6 is 11.8 Å². The molecule has 12 heteroatoms. The van der Waals surface area contributed by atoms with Gasteiger partial charge in [0.25, 0.3) is 0 Å². The minimum atomic E-state index is -1.70. The molecular weight excluding hydrogens is 445 g/mol. The molecule has 2 aromatic carbocycles. The smallest absolute Gasteiger partial charge is 0.243 e. The second kappa shape index (κ2) is 9.81. The molecule has 1 atom stereocenters. The minimum absolute atomic E-state index is 0.382. The molecule has 0 spiro atoms. The van der Waals surface area contributed by atoms with E-state index in [2.05, 4.69) is 26.2 Å². The van der Waals surface area contributed by atoms with Crippen LogP contribution < -0.4 is 10.6 Å². The summed E-state index contributed by atoms with van der Waals surface area (Å²) in [6.07, 6.45) is 0. The molecule has 168 valence electrons. The van der Waals surface area contributed by atoms with Crippen LogP contribution in [0.1, 0.15) is 18.1 Å². The van der Waals surface area contributed by atoms with Gasteiger partial charge in [0.1, 0.15) is 0 Å². The van der Waals surface area contributed by atoms with Gasteiger partial charge in [-0.3, -0.25) is 9.59 Å². The molecule has 0 aliphatic heterocycles. The van der Waals surface area contributed by atoms with Crippen molar-refractivity contribution in [3.05, 3.63) is 58.9 Å². The average Bonchev–Trinajstić information content (AvgIpc) is 3.20. The number of tetrazole rings is 1. The molecule has 3 aromatic rings. The van der Waals surface area contributed by atoms with Gasteiger partial charge >= 0.3 is 0 Å². The summed E-state index contributed by atoms with van der Waals surface area (Å²) in [5, 5.41) is 15.8. The Balaban J connectivity index is 1.59. The van der Waals surface area contributed by atoms with Crippen LogP contribution in [-0.4, -0.2) is 43.8 Å². The largest absolute Gasteiger partial charge is 0.346 e. The van der Waals surface area contributed by atoms with Crippen LogP contribution in [0.4, 0.5) is 18.9 Å². The van der Waals surface area contributed by atoms with Gasteiger partial charge in [-0.1, -0.05) is 29.5 Å². The molecule has 0 radical (unpaired) electrons. The molecule has 0 bridgehead atoms. The lowest BCUT2D eigenvalue weighted by Gasteiger charge is -2.13. The van der Waals surface area contributed by atoms with E-state index in [-0.39, 0.29) is 0 Å². The molecule has 0 unspecified atom stereocenters. The first-order valence-corrected chi connectivity index (χ1v) is 10.3. The van der Waals surface area contributed by atoms with Crippen molar-refractivity contribution < 1.29 is 22.8 Å². The molecular formula is C20H19F3N6O2S. The summed E-state index contributed by atoms with van der Waals surface area (Å²) in [6, 6.07) is 7.35. The number of carbonyl (C=O) groups excluding carboxylic acids is 2. The highest BCUT2D eigenvalue weighted by molar-refractivity contribution is 8.00. The van der Waals surface area contributed by atoms with Gasteiger partial charge in [0, 0.05) is 0 Å². The first-order valence-electron chi connectivity index (χ1n) is 9.41. The van der Waals surface area contributed by atoms with Crippen LogP contribution in [0.5, 0.6) is 0 Å². The Labute approximate surface area is 185 Å². The van der Waals surface area contributed by atoms with Crippen molar-refractivity contribution in [2.75, 3.05) is 11.9 Å². The van der Waals surface area contributed by atoms with Crippen molar-refractivity contribution in [2.45, 2.75) is 31.2 Å². The van der Waals surface area contributed by atoms with Crippen LogP contribution in [0.2, 0.25) is 0 Å². The molecule has 2 amide bonds. The molecule has 32 heavy (non-hydrogen) atoms. The number of nitrogens with zero attached hydrogens (tertiary/aromatic N) is 4. The van der Waals surface area contributed by atoms with Gasteiger partial charge in [0.2, 0.25) is 17.0 Å². The summed E-state index contributed by atoms with van der Waals surface area (Å²) in [5.41, 5.74) is 2.28. The van der Waals surface area contributed by atoms with E-state index in [0.29, 0.717) is 11.2 Å². The third-order valence-corrected chi connectivity index (χ3v) is 5.44. The highest BCUT2D eigenvalue weighted by atomic mass is 32.2. The zero-order valence-corrected chi connectivity index (χ0v) is 18.1. The van der Waals surface area contributed by atoms with Gasteiger partial charge in [-0.2, -0.15) is 4.68 Å². The lowest BCUT2D eigenvalue weighted by atomic mass is 10.1. The lowest BCUT2D eigenvalue weighted by molar-refractivity contribution is -0.123. The quantitative estimate of drug-likeness (QED) is 0.412. The monoisotopic (exact) mass is 464 g/mol. The van der Waals surface area contributed by atoms with Crippen molar-refractivity contribution in [3.63, 3.8) is 0 Å². The zero-order chi connectivity index (χ0) is 23.4. The number of amides is 2. The summed E-state index contributed by atoms with van der Waals surface area (Å²) in [4.78, 5) is 24.3. The van der Waals surface area contributed by atoms with Gasteiger partial charge in [0.15, 0.2) is 17.5 Å². The van der Waals surface area contributed by atoms with E-state index in [4.69, 9.17) is 0 Å². The molecule has 0 aliphatic carbocycles. The number of nitrogens with one attached hydrogen (secondary N) is 2. The molecule has 8 nitrogen and oxygen atoms in total. The van der Waals surface area contributed by atoms with Crippen LogP contribution in [0.15, 0.2) is 35.5 Å². The SMILES string of the molecule is Cc1ccc(-n2nnnc2S[C@@H](C)C(=O)NCC(=O)Nc2ccc(F)c(F)c2F)c(C)c1. The first-order chi connectivity index (χ1) is 15.2. The van der Waals surface area contributed by atoms with Crippen LogP contribution in [0, 0.1) is 31.3 Å². The Kier molecular flexibility index (Phi) is 7.13. The first kappa shape index (κ1) is 23.3. The number of carbonyl (C=O) groups is 2. The van der Waals surface area contributed by atoms with Crippen LogP contribution in [0.25, 0.3) is 5.69 Å². The number of rotatable bonds is 7. The van der Waals surface area contributed by atoms with Gasteiger partial charge in [-0.15, -0.1) is 5.10 Å². The van der Waals surface area contributed by atoms with Crippen LogP contribution in [-0.2, 0) is 9.59 Å². The fourth-order valence-corrected chi connectivity index (χ4v) is 3.61. The van der Waals surface area contributed by atoms with E-state index in [1.807, 2.05) is 32.0 Å². The topological polar surface area (TPSA) is 102 Å². The third kappa shape index (κ3) is 5.25. The Morgan fingerprint density at radius 3 is 2.59 bits per heavy atom. The van der Waals surface area contributed by atoms with Crippen molar-refractivity contribution in [1.82, 2.24) is 25.5 Å². The Morgan fingerprint density at radius 2 is 1.88 bits per heavy atom. The summed E-state index contributed by atoms with van der Waals surface area (Å²) in [6.45, 7) is 5.00. The molecule has 0 saturated carbocycles. The standard InChI is InChI=1S/C20H19F3N6O2S/c1-10-4-7-15(11(2)8-10)29-20(26-27-28-29)32-12(3)19(31)24-9-16(30)25-14-6-5-13(21)17(22)18(14)23/h4-8,12H,9H2,1-3H3,(H,24,31)(H,25,30)/t12-/m0/s1. The Hall–Kier alpha value is -3.41. The van der Waals surface area contributed by atoms with Gasteiger partial charge in [-0.05, 0) is 55.0 Å². The molecule has 2 N–H and O–H groups in total. The summed E-state index contributed by atoms with van der Waals surface area (Å²) in [5.74, 6) is -5.89. The predicted octanol–water partition coefficient (Wildman–Crippen LogP) is 2.93.